The van der Waals surface area contributed by atoms with E-state index in [9.17, 15) is 0 Å². The van der Waals surface area contributed by atoms with Gasteiger partial charge in [0, 0.05) is 50.1 Å². The summed E-state index contributed by atoms with van der Waals surface area (Å²) in [7, 11) is 0. The summed E-state index contributed by atoms with van der Waals surface area (Å²) in [6.07, 6.45) is 3.67. The zero-order valence-electron chi connectivity index (χ0n) is 30.4. The number of aromatic nitrogens is 5. The lowest BCUT2D eigenvalue weighted by atomic mass is 9.93. The van der Waals surface area contributed by atoms with E-state index in [1.54, 1.807) is 17.5 Å². The lowest BCUT2D eigenvalue weighted by Crippen LogP contribution is -1.96. The molecule has 0 bridgehead atoms. The molecule has 0 aliphatic carbocycles. The highest BCUT2D eigenvalue weighted by Gasteiger charge is 2.19. The van der Waals surface area contributed by atoms with E-state index in [4.69, 9.17) is 19.9 Å². The average molecular weight is 744 g/mol. The van der Waals surface area contributed by atoms with Crippen molar-refractivity contribution in [1.82, 2.24) is 24.9 Å². The van der Waals surface area contributed by atoms with Gasteiger partial charge in [0.15, 0.2) is 11.6 Å². The van der Waals surface area contributed by atoms with Crippen LogP contribution < -0.4 is 0 Å². The third-order valence-corrected chi connectivity index (χ3v) is 12.3. The van der Waals surface area contributed by atoms with Crippen molar-refractivity contribution in [1.29, 1.82) is 0 Å². The summed E-state index contributed by atoms with van der Waals surface area (Å²) < 4.78 is 2.27. The largest absolute Gasteiger partial charge is 0.264 e. The van der Waals surface area contributed by atoms with Gasteiger partial charge in [0.25, 0.3) is 0 Å². The fourth-order valence-corrected chi connectivity index (χ4v) is 9.51. The van der Waals surface area contributed by atoms with Crippen LogP contribution in [0, 0.1) is 0 Å². The summed E-state index contributed by atoms with van der Waals surface area (Å²) in [4.78, 5) is 25.1. The van der Waals surface area contributed by atoms with Gasteiger partial charge in [-0.05, 0) is 73.8 Å². The Balaban J connectivity index is 0.989. The van der Waals surface area contributed by atoms with Crippen LogP contribution in [0.3, 0.4) is 0 Å². The fourth-order valence-electron chi connectivity index (χ4n) is 8.36. The molecule has 0 unspecified atom stereocenters. The summed E-state index contributed by atoms with van der Waals surface area (Å²) in [5.41, 5.74) is 9.87. The summed E-state index contributed by atoms with van der Waals surface area (Å²) >= 11 is 1.75. The van der Waals surface area contributed by atoms with Crippen LogP contribution in [-0.2, 0) is 0 Å². The molecule has 4 heterocycles. The molecule has 0 N–H and O–H groups in total. The van der Waals surface area contributed by atoms with Gasteiger partial charge >= 0.3 is 0 Å². The summed E-state index contributed by atoms with van der Waals surface area (Å²) in [6, 6.07) is 57.7. The van der Waals surface area contributed by atoms with E-state index in [1.807, 2.05) is 24.4 Å². The zero-order valence-corrected chi connectivity index (χ0v) is 31.2. The van der Waals surface area contributed by atoms with Crippen LogP contribution in [0.1, 0.15) is 0 Å². The number of benzene rings is 8. The van der Waals surface area contributed by atoms with E-state index in [2.05, 4.69) is 151 Å². The summed E-state index contributed by atoms with van der Waals surface area (Å²) in [5.74, 6) is 1.41. The molecule has 5 nitrogen and oxygen atoms in total. The van der Waals surface area contributed by atoms with Crippen molar-refractivity contribution in [2.75, 3.05) is 0 Å². The van der Waals surface area contributed by atoms with Crippen LogP contribution in [0.25, 0.3) is 120 Å². The van der Waals surface area contributed by atoms with E-state index in [-0.39, 0.29) is 0 Å². The van der Waals surface area contributed by atoms with Crippen molar-refractivity contribution in [2.24, 2.45) is 0 Å². The Morgan fingerprint density at radius 3 is 1.75 bits per heavy atom. The maximum Gasteiger partial charge on any atom is 0.160 e. The molecule has 0 radical (unpaired) electrons. The Bertz CT molecular complexity index is 3440. The van der Waals surface area contributed by atoms with Gasteiger partial charge in [-0.1, -0.05) is 133 Å². The number of thiophene rings is 1. The van der Waals surface area contributed by atoms with E-state index < -0.39 is 0 Å². The highest BCUT2D eigenvalue weighted by molar-refractivity contribution is 7.26. The first-order chi connectivity index (χ1) is 28.2. The molecule has 0 aliphatic heterocycles. The standard InChI is InChI=1S/C51H29N5S/c1-3-12-42-40(10-1)46(54-50(53-42)35-22-14-30(15-23-35)38-9-6-26-52-29-38)33-18-20-34(21-19-33)47-49-48(41-11-2-4-13-43(41)57-49)56-51(55-47)39-27-36-24-16-31-7-5-8-32-17-25-37(28-39)45(36)44(31)32/h1-29H. The highest BCUT2D eigenvalue weighted by atomic mass is 32.1. The minimum Gasteiger partial charge on any atom is -0.264 e. The molecule has 0 aliphatic rings. The van der Waals surface area contributed by atoms with Gasteiger partial charge in [-0.15, -0.1) is 11.3 Å². The number of hydrogen-bond donors (Lipinski definition) is 0. The first kappa shape index (κ1) is 31.9. The van der Waals surface area contributed by atoms with Gasteiger partial charge in [-0.3, -0.25) is 4.98 Å². The highest BCUT2D eigenvalue weighted by Crippen LogP contribution is 2.42. The van der Waals surface area contributed by atoms with Gasteiger partial charge in [0.05, 0.1) is 27.1 Å². The van der Waals surface area contributed by atoms with Crippen LogP contribution >= 0.6 is 11.3 Å². The van der Waals surface area contributed by atoms with Crippen molar-refractivity contribution in [3.63, 3.8) is 0 Å². The lowest BCUT2D eigenvalue weighted by molar-refractivity contribution is 1.23. The number of fused-ring (bicyclic) bond motifs is 4. The topological polar surface area (TPSA) is 64.5 Å². The number of rotatable bonds is 5. The van der Waals surface area contributed by atoms with Crippen LogP contribution in [0.15, 0.2) is 176 Å². The predicted octanol–water partition coefficient (Wildman–Crippen LogP) is 13.4. The van der Waals surface area contributed by atoms with Crippen LogP contribution in [0.4, 0.5) is 0 Å². The zero-order chi connectivity index (χ0) is 37.5. The number of para-hydroxylation sites is 1. The van der Waals surface area contributed by atoms with Gasteiger partial charge in [0.1, 0.15) is 0 Å². The maximum atomic E-state index is 5.38. The quantitative estimate of drug-likeness (QED) is 0.164. The molecule has 57 heavy (non-hydrogen) atoms. The van der Waals surface area contributed by atoms with Crippen molar-refractivity contribution in [2.45, 2.75) is 0 Å². The lowest BCUT2D eigenvalue weighted by Gasteiger charge is -2.13. The molecule has 0 saturated heterocycles. The number of pyridine rings is 1. The van der Waals surface area contributed by atoms with Crippen LogP contribution in [-0.4, -0.2) is 24.9 Å². The Morgan fingerprint density at radius 1 is 0.386 bits per heavy atom. The van der Waals surface area contributed by atoms with Crippen molar-refractivity contribution in [3.8, 4) is 56.4 Å². The van der Waals surface area contributed by atoms with E-state index in [0.29, 0.717) is 5.82 Å². The van der Waals surface area contributed by atoms with Gasteiger partial charge in [-0.2, -0.15) is 0 Å². The third-order valence-electron chi connectivity index (χ3n) is 11.1. The minimum absolute atomic E-state index is 0.687. The van der Waals surface area contributed by atoms with Crippen LogP contribution in [0.5, 0.6) is 0 Å². The van der Waals surface area contributed by atoms with Crippen molar-refractivity contribution in [3.05, 3.63) is 176 Å². The molecular formula is C51H29N5S. The average Bonchev–Trinajstić information content (AvgIpc) is 3.66. The monoisotopic (exact) mass is 743 g/mol. The maximum absolute atomic E-state index is 5.38. The third kappa shape index (κ3) is 5.19. The smallest absolute Gasteiger partial charge is 0.160 e. The predicted molar refractivity (Wildman–Crippen MR) is 237 cm³/mol. The summed E-state index contributed by atoms with van der Waals surface area (Å²) in [5, 5.41) is 9.64. The Hall–Kier alpha value is -7.41. The fraction of sp³-hybridized carbons (Fsp3) is 0. The van der Waals surface area contributed by atoms with Gasteiger partial charge in [0.2, 0.25) is 0 Å². The molecule has 0 atom stereocenters. The molecule has 12 rings (SSSR count). The molecule has 0 saturated carbocycles. The van der Waals surface area contributed by atoms with E-state index in [1.165, 1.54) is 37.0 Å². The van der Waals surface area contributed by atoms with Gasteiger partial charge < -0.3 is 0 Å². The molecular weight excluding hydrogens is 715 g/mol. The second-order valence-corrected chi connectivity index (χ2v) is 15.5. The Labute approximate surface area is 331 Å². The molecule has 264 valence electrons. The first-order valence-electron chi connectivity index (χ1n) is 19.0. The molecule has 8 aromatic carbocycles. The minimum atomic E-state index is 0.687. The molecule has 0 fully saturated rings. The van der Waals surface area contributed by atoms with Crippen LogP contribution in [0.2, 0.25) is 0 Å². The van der Waals surface area contributed by atoms with E-state index >= 15 is 0 Å². The first-order valence-corrected chi connectivity index (χ1v) is 19.8. The van der Waals surface area contributed by atoms with Crippen molar-refractivity contribution >= 4 is 74.9 Å². The second-order valence-electron chi connectivity index (χ2n) is 14.5. The Kier molecular flexibility index (Phi) is 7.03. The van der Waals surface area contributed by atoms with Crippen molar-refractivity contribution < 1.29 is 0 Å². The molecule has 6 heteroatoms. The molecule has 0 spiro atoms. The number of nitrogens with zero attached hydrogens (tertiary/aromatic N) is 5. The molecule has 4 aromatic heterocycles. The second kappa shape index (κ2) is 12.6. The molecule has 0 amide bonds. The SMILES string of the molecule is c1cncc(-c2ccc(-c3nc(-c4ccc(-c5nc(-c6cc7ccc8cccc9ccc(c6)c7c89)nc6c5sc5ccccc56)cc4)c4ccccc4n3)cc2)c1. The Morgan fingerprint density at radius 2 is 1.00 bits per heavy atom. The summed E-state index contributed by atoms with van der Waals surface area (Å²) in [6.45, 7) is 0. The number of hydrogen-bond acceptors (Lipinski definition) is 6. The van der Waals surface area contributed by atoms with E-state index in [0.717, 1.165) is 77.1 Å². The molecule has 12 aromatic rings. The van der Waals surface area contributed by atoms with Gasteiger partial charge in [-0.25, -0.2) is 19.9 Å². The normalized spacial score (nSPS) is 11.9.